The Kier molecular flexibility index (Phi) is 8.25. The quantitative estimate of drug-likeness (QED) is 0.235. The second-order valence-corrected chi connectivity index (χ2v) is 12.0. The van der Waals surface area contributed by atoms with Gasteiger partial charge in [0.2, 0.25) is 5.91 Å². The summed E-state index contributed by atoms with van der Waals surface area (Å²) >= 11 is 1.57. The molecule has 1 aliphatic heterocycles. The molecule has 1 fully saturated rings. The highest BCUT2D eigenvalue weighted by Crippen LogP contribution is 2.24. The third-order valence-electron chi connectivity index (χ3n) is 6.66. The van der Waals surface area contributed by atoms with Gasteiger partial charge in [-0.3, -0.25) is 24.4 Å². The van der Waals surface area contributed by atoms with Crippen molar-refractivity contribution in [3.63, 3.8) is 0 Å². The van der Waals surface area contributed by atoms with Gasteiger partial charge in [-0.05, 0) is 87.5 Å². The molecule has 42 heavy (non-hydrogen) atoms. The zero-order chi connectivity index (χ0) is 29.9. The Morgan fingerprint density at radius 2 is 1.79 bits per heavy atom. The molecule has 2 aromatic carbocycles. The van der Waals surface area contributed by atoms with Crippen molar-refractivity contribution < 1.29 is 23.9 Å². The summed E-state index contributed by atoms with van der Waals surface area (Å²) in [5.74, 6) is -0.647. The van der Waals surface area contributed by atoms with Gasteiger partial charge in [0.25, 0.3) is 11.8 Å². The van der Waals surface area contributed by atoms with E-state index in [0.717, 1.165) is 4.88 Å². The Labute approximate surface area is 246 Å². The first-order valence-corrected chi connectivity index (χ1v) is 14.5. The number of H-pyrrole nitrogens is 1. The topological polar surface area (TPSA) is 146 Å². The number of thiophene rings is 1. The number of likely N-dealkylation sites (tertiary alicyclic amines) is 1. The fraction of sp³-hybridized carbons (Fsp3) is 0.300. The molecule has 3 heterocycles. The maximum Gasteiger partial charge on any atom is 0.410 e. The van der Waals surface area contributed by atoms with Crippen molar-refractivity contribution in [3.8, 4) is 0 Å². The molecule has 12 heteroatoms. The summed E-state index contributed by atoms with van der Waals surface area (Å²) in [6.45, 7) is 6.24. The van der Waals surface area contributed by atoms with E-state index in [1.54, 1.807) is 74.6 Å². The highest BCUT2D eigenvalue weighted by atomic mass is 32.1. The van der Waals surface area contributed by atoms with Crippen molar-refractivity contribution in [2.45, 2.75) is 51.8 Å². The molecule has 4 N–H and O–H groups in total. The lowest BCUT2D eigenvalue weighted by Crippen LogP contribution is -2.45. The second-order valence-electron chi connectivity index (χ2n) is 10.9. The maximum absolute atomic E-state index is 13.0. The van der Waals surface area contributed by atoms with Gasteiger partial charge in [-0.1, -0.05) is 6.07 Å². The molecular formula is C30H32N6O5S. The Balaban J connectivity index is 1.20. The second kappa shape index (κ2) is 12.0. The average molecular weight is 589 g/mol. The van der Waals surface area contributed by atoms with Crippen molar-refractivity contribution in [3.05, 3.63) is 76.0 Å². The van der Waals surface area contributed by atoms with Gasteiger partial charge in [-0.15, -0.1) is 11.3 Å². The number of nitrogens with zero attached hydrogens (tertiary/aromatic N) is 2. The van der Waals surface area contributed by atoms with E-state index in [-0.39, 0.29) is 11.8 Å². The number of hydrogen-bond acceptors (Lipinski definition) is 7. The molecule has 1 saturated heterocycles. The van der Waals surface area contributed by atoms with Crippen LogP contribution in [0.15, 0.2) is 60.0 Å². The van der Waals surface area contributed by atoms with Gasteiger partial charge in [0.15, 0.2) is 5.82 Å². The van der Waals surface area contributed by atoms with Gasteiger partial charge in [-0.2, -0.15) is 5.10 Å². The van der Waals surface area contributed by atoms with E-state index in [1.807, 2.05) is 17.5 Å². The number of fused-ring (bicyclic) bond motifs is 1. The first-order valence-electron chi connectivity index (χ1n) is 13.6. The molecule has 1 atom stereocenters. The average Bonchev–Trinajstić information content (AvgIpc) is 3.72. The monoisotopic (exact) mass is 588 g/mol. The summed E-state index contributed by atoms with van der Waals surface area (Å²) < 4.78 is 5.44. The minimum absolute atomic E-state index is 0.228. The Morgan fingerprint density at radius 1 is 1.02 bits per heavy atom. The number of ether oxygens (including phenoxy) is 1. The number of hydrogen-bond donors (Lipinski definition) is 4. The number of rotatable bonds is 7. The number of anilines is 2. The molecule has 4 amide bonds. The molecule has 2 aromatic heterocycles. The lowest BCUT2D eigenvalue weighted by molar-refractivity contribution is -0.120. The molecule has 1 aliphatic rings. The SMILES string of the molecule is CC(C)(C)OC(=O)N1CCCC1C(=O)Nc1ccc(C(=O)Nc2n[nH]c3ccc(C(=O)NCc4cccs4)cc23)cc1. The van der Waals surface area contributed by atoms with E-state index >= 15 is 0 Å². The number of amides is 4. The summed E-state index contributed by atoms with van der Waals surface area (Å²) in [5.41, 5.74) is 1.32. The van der Waals surface area contributed by atoms with E-state index < -0.39 is 23.6 Å². The summed E-state index contributed by atoms with van der Waals surface area (Å²) in [6.07, 6.45) is 0.741. The number of aromatic nitrogens is 2. The van der Waals surface area contributed by atoms with Crippen LogP contribution in [0.3, 0.4) is 0 Å². The number of benzene rings is 2. The molecule has 218 valence electrons. The summed E-state index contributed by atoms with van der Waals surface area (Å²) in [5, 5.41) is 18.1. The highest BCUT2D eigenvalue weighted by Gasteiger charge is 2.36. The molecular weight excluding hydrogens is 556 g/mol. The summed E-state index contributed by atoms with van der Waals surface area (Å²) in [7, 11) is 0. The fourth-order valence-electron chi connectivity index (χ4n) is 4.62. The molecule has 0 saturated carbocycles. The van der Waals surface area contributed by atoms with Gasteiger partial charge < -0.3 is 20.7 Å². The van der Waals surface area contributed by atoms with Crippen LogP contribution in [0.5, 0.6) is 0 Å². The van der Waals surface area contributed by atoms with Gasteiger partial charge in [-0.25, -0.2) is 4.79 Å². The summed E-state index contributed by atoms with van der Waals surface area (Å²) in [6, 6.07) is 14.8. The minimum atomic E-state index is -0.652. The van der Waals surface area contributed by atoms with Crippen LogP contribution in [-0.2, 0) is 16.1 Å². The van der Waals surface area contributed by atoms with Crippen molar-refractivity contribution in [2.75, 3.05) is 17.2 Å². The van der Waals surface area contributed by atoms with Crippen LogP contribution >= 0.6 is 11.3 Å². The lowest BCUT2D eigenvalue weighted by atomic mass is 10.1. The van der Waals surface area contributed by atoms with E-state index in [4.69, 9.17) is 4.74 Å². The van der Waals surface area contributed by atoms with Gasteiger partial charge in [0, 0.05) is 33.6 Å². The minimum Gasteiger partial charge on any atom is -0.444 e. The molecule has 1 unspecified atom stereocenters. The highest BCUT2D eigenvalue weighted by molar-refractivity contribution is 7.09. The number of aromatic amines is 1. The van der Waals surface area contributed by atoms with Crippen LogP contribution in [-0.4, -0.2) is 57.1 Å². The molecule has 11 nitrogen and oxygen atoms in total. The van der Waals surface area contributed by atoms with Crippen LogP contribution in [0.1, 0.15) is 59.2 Å². The van der Waals surface area contributed by atoms with Crippen molar-refractivity contribution in [1.29, 1.82) is 0 Å². The van der Waals surface area contributed by atoms with Crippen LogP contribution in [0, 0.1) is 0 Å². The van der Waals surface area contributed by atoms with Gasteiger partial charge in [0.1, 0.15) is 11.6 Å². The van der Waals surface area contributed by atoms with Crippen molar-refractivity contribution in [2.24, 2.45) is 0 Å². The number of carbonyl (C=O) groups excluding carboxylic acids is 4. The smallest absolute Gasteiger partial charge is 0.410 e. The first kappa shape index (κ1) is 28.8. The molecule has 0 radical (unpaired) electrons. The van der Waals surface area contributed by atoms with Crippen molar-refractivity contribution >= 4 is 57.6 Å². The van der Waals surface area contributed by atoms with Gasteiger partial charge >= 0.3 is 6.09 Å². The molecule has 0 spiro atoms. The number of nitrogens with one attached hydrogen (secondary N) is 4. The third-order valence-corrected chi connectivity index (χ3v) is 7.53. The standard InChI is InChI=1S/C30H32N6O5S/c1-30(2,3)41-29(40)36-14-4-7-24(36)28(39)32-20-11-8-18(9-12-20)27(38)33-25-22-16-19(10-13-23(22)34-35-25)26(37)31-17-21-6-5-15-42-21/h5-6,8-13,15-16,24H,4,7,14,17H2,1-3H3,(H,31,37)(H,32,39)(H2,33,34,35,38). The largest absolute Gasteiger partial charge is 0.444 e. The Bertz CT molecular complexity index is 1610. The van der Waals surface area contributed by atoms with Crippen molar-refractivity contribution in [1.82, 2.24) is 20.4 Å². The van der Waals surface area contributed by atoms with Crippen LogP contribution in [0.2, 0.25) is 0 Å². The summed E-state index contributed by atoms with van der Waals surface area (Å²) in [4.78, 5) is 53.7. The predicted molar refractivity (Wildman–Crippen MR) is 161 cm³/mol. The Hall–Kier alpha value is -4.71. The third kappa shape index (κ3) is 6.77. The van der Waals surface area contributed by atoms with E-state index in [1.165, 1.54) is 4.90 Å². The van der Waals surface area contributed by atoms with E-state index in [9.17, 15) is 19.2 Å². The van der Waals surface area contributed by atoms with Crippen LogP contribution < -0.4 is 16.0 Å². The zero-order valence-electron chi connectivity index (χ0n) is 23.5. The lowest BCUT2D eigenvalue weighted by Gasteiger charge is -2.28. The zero-order valence-corrected chi connectivity index (χ0v) is 24.3. The molecule has 0 bridgehead atoms. The predicted octanol–water partition coefficient (Wildman–Crippen LogP) is 5.14. The number of carbonyl (C=O) groups is 4. The van der Waals surface area contributed by atoms with Crippen LogP contribution in [0.4, 0.5) is 16.3 Å². The maximum atomic E-state index is 13.0. The van der Waals surface area contributed by atoms with Crippen LogP contribution in [0.25, 0.3) is 10.9 Å². The van der Waals surface area contributed by atoms with E-state index in [2.05, 4.69) is 26.1 Å². The normalized spacial score (nSPS) is 14.9. The molecule has 4 aromatic rings. The Morgan fingerprint density at radius 3 is 2.50 bits per heavy atom. The molecule has 0 aliphatic carbocycles. The first-order chi connectivity index (χ1) is 20.1. The van der Waals surface area contributed by atoms with E-state index in [0.29, 0.717) is 59.5 Å². The molecule has 5 rings (SSSR count). The van der Waals surface area contributed by atoms with Gasteiger partial charge in [0.05, 0.1) is 12.1 Å². The fourth-order valence-corrected chi connectivity index (χ4v) is 5.27.